The molecule has 3 aromatic rings. The van der Waals surface area contributed by atoms with Gasteiger partial charge in [0, 0.05) is 24.8 Å². The van der Waals surface area contributed by atoms with E-state index in [1.807, 2.05) is 18.2 Å². The first-order valence-electron chi connectivity index (χ1n) is 8.84. The first-order chi connectivity index (χ1) is 13.2. The first-order valence-corrected chi connectivity index (χ1v) is 8.84. The molecule has 2 heterocycles. The van der Waals surface area contributed by atoms with Crippen molar-refractivity contribution in [1.29, 1.82) is 0 Å². The summed E-state index contributed by atoms with van der Waals surface area (Å²) in [5.74, 6) is 1.16. The predicted octanol–water partition coefficient (Wildman–Crippen LogP) is 3.30. The lowest BCUT2D eigenvalue weighted by Gasteiger charge is -2.29. The Labute approximate surface area is 157 Å². The van der Waals surface area contributed by atoms with Crippen LogP contribution in [0.4, 0.5) is 11.5 Å². The molecule has 1 aliphatic heterocycles. The molecule has 0 atom stereocenters. The molecule has 0 unspecified atom stereocenters. The van der Waals surface area contributed by atoms with Gasteiger partial charge in [0.2, 0.25) is 0 Å². The van der Waals surface area contributed by atoms with E-state index in [0.29, 0.717) is 11.4 Å². The van der Waals surface area contributed by atoms with E-state index in [2.05, 4.69) is 44.7 Å². The molecule has 4 rings (SSSR count). The van der Waals surface area contributed by atoms with Crippen molar-refractivity contribution in [3.63, 3.8) is 0 Å². The van der Waals surface area contributed by atoms with E-state index in [-0.39, 0.29) is 11.6 Å². The van der Waals surface area contributed by atoms with Gasteiger partial charge in [-0.2, -0.15) is 0 Å². The van der Waals surface area contributed by atoms with Crippen LogP contribution in [0.1, 0.15) is 21.6 Å². The minimum Gasteiger partial charge on any atom is -0.497 e. The Kier molecular flexibility index (Phi) is 4.70. The molecule has 0 saturated carbocycles. The van der Waals surface area contributed by atoms with Crippen LogP contribution in [0.25, 0.3) is 0 Å². The number of benzene rings is 2. The normalized spacial score (nSPS) is 13.0. The highest BCUT2D eigenvalue weighted by atomic mass is 16.5. The fourth-order valence-corrected chi connectivity index (χ4v) is 3.20. The van der Waals surface area contributed by atoms with Crippen LogP contribution < -0.4 is 15.0 Å². The highest BCUT2D eigenvalue weighted by Crippen LogP contribution is 2.23. The zero-order valence-electron chi connectivity index (χ0n) is 15.1. The SMILES string of the molecule is COc1cccc(NC(=O)c2ccc(N3CCc4ccccc4C3)nn2)c1. The number of hydrogen-bond donors (Lipinski definition) is 1. The van der Waals surface area contributed by atoms with Crippen LogP contribution in [-0.2, 0) is 13.0 Å². The van der Waals surface area contributed by atoms with Gasteiger partial charge in [-0.15, -0.1) is 10.2 Å². The maximum absolute atomic E-state index is 12.4. The second-order valence-corrected chi connectivity index (χ2v) is 6.40. The molecular formula is C21H20N4O2. The molecule has 0 aliphatic carbocycles. The number of aromatic nitrogens is 2. The molecule has 0 fully saturated rings. The molecule has 0 spiro atoms. The topological polar surface area (TPSA) is 67.3 Å². The van der Waals surface area contributed by atoms with Crippen LogP contribution in [0, 0.1) is 0 Å². The van der Waals surface area contributed by atoms with Gasteiger partial charge in [-0.25, -0.2) is 0 Å². The second kappa shape index (κ2) is 7.45. The van der Waals surface area contributed by atoms with Gasteiger partial charge in [-0.3, -0.25) is 4.79 Å². The molecule has 1 amide bonds. The Morgan fingerprint density at radius 3 is 2.67 bits per heavy atom. The van der Waals surface area contributed by atoms with E-state index in [1.165, 1.54) is 11.1 Å². The minimum atomic E-state index is -0.300. The van der Waals surface area contributed by atoms with Crippen LogP contribution in [0.3, 0.4) is 0 Å². The molecule has 6 heteroatoms. The molecule has 0 saturated heterocycles. The maximum Gasteiger partial charge on any atom is 0.276 e. The highest BCUT2D eigenvalue weighted by Gasteiger charge is 2.18. The third-order valence-corrected chi connectivity index (χ3v) is 4.67. The quantitative estimate of drug-likeness (QED) is 0.773. The molecule has 0 bridgehead atoms. The van der Waals surface area contributed by atoms with E-state index >= 15 is 0 Å². The van der Waals surface area contributed by atoms with Crippen molar-refractivity contribution in [2.24, 2.45) is 0 Å². The number of anilines is 2. The Balaban J connectivity index is 1.45. The average molecular weight is 360 g/mol. The number of amides is 1. The fraction of sp³-hybridized carbons (Fsp3) is 0.190. The summed E-state index contributed by atoms with van der Waals surface area (Å²) in [6.07, 6.45) is 0.982. The third kappa shape index (κ3) is 3.74. The molecule has 6 nitrogen and oxygen atoms in total. The number of nitrogens with one attached hydrogen (secondary N) is 1. The average Bonchev–Trinajstić information content (AvgIpc) is 2.73. The number of ether oxygens (including phenoxy) is 1. The van der Waals surface area contributed by atoms with Crippen LogP contribution in [0.5, 0.6) is 5.75 Å². The summed E-state index contributed by atoms with van der Waals surface area (Å²) < 4.78 is 5.17. The lowest BCUT2D eigenvalue weighted by Crippen LogP contribution is -2.31. The number of carbonyl (C=O) groups excluding carboxylic acids is 1. The summed E-state index contributed by atoms with van der Waals surface area (Å²) in [5.41, 5.74) is 3.62. The van der Waals surface area contributed by atoms with Crippen molar-refractivity contribution in [1.82, 2.24) is 10.2 Å². The lowest BCUT2D eigenvalue weighted by molar-refractivity contribution is 0.102. The maximum atomic E-state index is 12.4. The van der Waals surface area contributed by atoms with Gasteiger partial charge in [-0.05, 0) is 41.8 Å². The van der Waals surface area contributed by atoms with Crippen molar-refractivity contribution < 1.29 is 9.53 Å². The van der Waals surface area contributed by atoms with E-state index in [0.717, 1.165) is 25.3 Å². The van der Waals surface area contributed by atoms with Gasteiger partial charge in [0.05, 0.1) is 7.11 Å². The van der Waals surface area contributed by atoms with Crippen molar-refractivity contribution >= 4 is 17.4 Å². The van der Waals surface area contributed by atoms with E-state index in [4.69, 9.17) is 4.74 Å². The summed E-state index contributed by atoms with van der Waals surface area (Å²) in [5, 5.41) is 11.2. The van der Waals surface area contributed by atoms with Crippen molar-refractivity contribution in [3.05, 3.63) is 77.5 Å². The molecule has 0 radical (unpaired) electrons. The molecule has 1 aromatic heterocycles. The van der Waals surface area contributed by atoms with Gasteiger partial charge in [-0.1, -0.05) is 30.3 Å². The van der Waals surface area contributed by atoms with Crippen molar-refractivity contribution in [3.8, 4) is 5.75 Å². The van der Waals surface area contributed by atoms with E-state index < -0.39 is 0 Å². The summed E-state index contributed by atoms with van der Waals surface area (Å²) >= 11 is 0. The number of carbonyl (C=O) groups is 1. The zero-order chi connectivity index (χ0) is 18.6. The minimum absolute atomic E-state index is 0.277. The van der Waals surface area contributed by atoms with Gasteiger partial charge >= 0.3 is 0 Å². The van der Waals surface area contributed by atoms with Crippen LogP contribution >= 0.6 is 0 Å². The molecule has 27 heavy (non-hydrogen) atoms. The molecule has 2 aromatic carbocycles. The fourth-order valence-electron chi connectivity index (χ4n) is 3.20. The Morgan fingerprint density at radius 2 is 1.89 bits per heavy atom. The second-order valence-electron chi connectivity index (χ2n) is 6.40. The zero-order valence-corrected chi connectivity index (χ0v) is 15.1. The summed E-state index contributed by atoms with van der Waals surface area (Å²) in [6.45, 7) is 1.70. The van der Waals surface area contributed by atoms with Gasteiger partial charge < -0.3 is 15.0 Å². The van der Waals surface area contributed by atoms with Crippen molar-refractivity contribution in [2.45, 2.75) is 13.0 Å². The Bertz CT molecular complexity index is 956. The van der Waals surface area contributed by atoms with E-state index in [1.54, 1.807) is 25.3 Å². The van der Waals surface area contributed by atoms with Crippen LogP contribution in [-0.4, -0.2) is 29.8 Å². The van der Waals surface area contributed by atoms with Crippen LogP contribution in [0.2, 0.25) is 0 Å². The van der Waals surface area contributed by atoms with Crippen LogP contribution in [0.15, 0.2) is 60.7 Å². The Hall–Kier alpha value is -3.41. The third-order valence-electron chi connectivity index (χ3n) is 4.67. The highest BCUT2D eigenvalue weighted by molar-refractivity contribution is 6.02. The standard InChI is InChI=1S/C21H20N4O2/c1-27-18-8-4-7-17(13-18)22-21(26)19-9-10-20(24-23-19)25-12-11-15-5-2-3-6-16(15)14-25/h2-10,13H,11-12,14H2,1H3,(H,22,26). The molecular weight excluding hydrogens is 340 g/mol. The molecule has 136 valence electrons. The van der Waals surface area contributed by atoms with Gasteiger partial charge in [0.1, 0.15) is 5.75 Å². The first kappa shape index (κ1) is 17.0. The number of hydrogen-bond acceptors (Lipinski definition) is 5. The number of fused-ring (bicyclic) bond motifs is 1. The number of nitrogens with zero attached hydrogens (tertiary/aromatic N) is 3. The molecule has 1 aliphatic rings. The smallest absolute Gasteiger partial charge is 0.276 e. The number of rotatable bonds is 4. The van der Waals surface area contributed by atoms with Gasteiger partial charge in [0.25, 0.3) is 5.91 Å². The summed E-state index contributed by atoms with van der Waals surface area (Å²) in [6, 6.07) is 19.2. The lowest BCUT2D eigenvalue weighted by atomic mass is 10.00. The summed E-state index contributed by atoms with van der Waals surface area (Å²) in [4.78, 5) is 14.6. The van der Waals surface area contributed by atoms with Crippen molar-refractivity contribution in [2.75, 3.05) is 23.9 Å². The number of methoxy groups -OCH3 is 1. The molecule has 1 N–H and O–H groups in total. The monoisotopic (exact) mass is 360 g/mol. The Morgan fingerprint density at radius 1 is 1.04 bits per heavy atom. The largest absolute Gasteiger partial charge is 0.497 e. The van der Waals surface area contributed by atoms with E-state index in [9.17, 15) is 4.79 Å². The predicted molar refractivity (Wildman–Crippen MR) is 104 cm³/mol. The summed E-state index contributed by atoms with van der Waals surface area (Å²) in [7, 11) is 1.59. The van der Waals surface area contributed by atoms with Gasteiger partial charge in [0.15, 0.2) is 11.5 Å².